The Hall–Kier alpha value is -2.80. The monoisotopic (exact) mass is 368 g/mol. The Morgan fingerprint density at radius 2 is 2.08 bits per heavy atom. The van der Waals surface area contributed by atoms with Crippen LogP contribution in [-0.4, -0.2) is 27.0 Å². The lowest BCUT2D eigenvalue weighted by molar-refractivity contribution is -0.121. The van der Waals surface area contributed by atoms with Crippen LogP contribution < -0.4 is 10.9 Å². The Morgan fingerprint density at radius 3 is 2.85 bits per heavy atom. The summed E-state index contributed by atoms with van der Waals surface area (Å²) >= 11 is 1.39. The van der Waals surface area contributed by atoms with Gasteiger partial charge in [-0.3, -0.25) is 14.2 Å². The molecule has 134 valence electrons. The molecule has 1 aromatic carbocycles. The number of rotatable bonds is 7. The zero-order chi connectivity index (χ0) is 18.4. The topological polar surface area (TPSA) is 76.9 Å². The Kier molecular flexibility index (Phi) is 5.91. The van der Waals surface area contributed by atoms with Gasteiger partial charge in [0.2, 0.25) is 5.91 Å². The second kappa shape index (κ2) is 8.53. The third kappa shape index (κ3) is 4.23. The number of amides is 1. The lowest BCUT2D eigenvalue weighted by atomic mass is 10.2. The van der Waals surface area contributed by atoms with Crippen molar-refractivity contribution in [3.05, 3.63) is 58.6 Å². The summed E-state index contributed by atoms with van der Waals surface area (Å²) in [6.45, 7) is 2.63. The molecule has 0 radical (unpaired) electrons. The van der Waals surface area contributed by atoms with Gasteiger partial charge >= 0.3 is 0 Å². The first kappa shape index (κ1) is 18.0. The molecule has 0 aliphatic carbocycles. The molecule has 1 N–H and O–H groups in total. The number of hydrogen-bond donors (Lipinski definition) is 1. The number of carbonyl (C=O) groups is 1. The summed E-state index contributed by atoms with van der Waals surface area (Å²) in [4.78, 5) is 33.3. The molecular weight excluding hydrogens is 348 g/mol. The first-order valence-corrected chi connectivity index (χ1v) is 9.39. The molecule has 0 unspecified atom stereocenters. The van der Waals surface area contributed by atoms with Crippen molar-refractivity contribution in [3.63, 3.8) is 0 Å². The number of aromatic nitrogens is 3. The molecule has 0 fully saturated rings. The summed E-state index contributed by atoms with van der Waals surface area (Å²) in [5, 5.41) is 5.32. The maximum absolute atomic E-state index is 12.7. The average Bonchev–Trinajstić information content (AvgIpc) is 3.14. The third-order valence-electron chi connectivity index (χ3n) is 3.87. The number of hydrogen-bond acceptors (Lipinski definition) is 5. The molecule has 0 bridgehead atoms. The van der Waals surface area contributed by atoms with Crippen molar-refractivity contribution in [2.75, 3.05) is 6.54 Å². The smallest absolute Gasteiger partial charge is 0.264 e. The van der Waals surface area contributed by atoms with Crippen molar-refractivity contribution in [2.45, 2.75) is 26.3 Å². The molecule has 0 aliphatic heterocycles. The SMILES string of the molecule is CCCCNC(=O)Cn1cncc(-c2nc(-c3ccccc3)cs2)c1=O. The quantitative estimate of drug-likeness (QED) is 0.651. The Morgan fingerprint density at radius 1 is 1.27 bits per heavy atom. The number of benzene rings is 1. The van der Waals surface area contributed by atoms with Crippen molar-refractivity contribution in [2.24, 2.45) is 0 Å². The molecule has 0 saturated heterocycles. The second-order valence-corrected chi connectivity index (χ2v) is 6.71. The standard InChI is InChI=1S/C19H20N4O2S/c1-2-3-9-21-17(24)11-23-13-20-10-15(19(23)25)18-22-16(12-26-18)14-7-5-4-6-8-14/h4-8,10,12-13H,2-3,9,11H2,1H3,(H,21,24). The van der Waals surface area contributed by atoms with Gasteiger partial charge in [0.1, 0.15) is 11.6 Å². The normalized spacial score (nSPS) is 10.7. The largest absolute Gasteiger partial charge is 0.355 e. The van der Waals surface area contributed by atoms with Gasteiger partial charge in [-0.25, -0.2) is 9.97 Å². The highest BCUT2D eigenvalue weighted by molar-refractivity contribution is 7.13. The van der Waals surface area contributed by atoms with Crippen LogP contribution in [0.1, 0.15) is 19.8 Å². The van der Waals surface area contributed by atoms with Crippen LogP contribution in [0, 0.1) is 0 Å². The maximum Gasteiger partial charge on any atom is 0.264 e. The van der Waals surface area contributed by atoms with Gasteiger partial charge in [0.15, 0.2) is 0 Å². The maximum atomic E-state index is 12.7. The fourth-order valence-corrected chi connectivity index (χ4v) is 3.29. The van der Waals surface area contributed by atoms with Crippen LogP contribution in [0.15, 0.2) is 53.0 Å². The van der Waals surface area contributed by atoms with Gasteiger partial charge in [0, 0.05) is 23.7 Å². The lowest BCUT2D eigenvalue weighted by Crippen LogP contribution is -2.33. The minimum Gasteiger partial charge on any atom is -0.355 e. The zero-order valence-electron chi connectivity index (χ0n) is 14.5. The molecule has 6 nitrogen and oxygen atoms in total. The van der Waals surface area contributed by atoms with E-state index in [0.717, 1.165) is 24.1 Å². The van der Waals surface area contributed by atoms with Gasteiger partial charge in [0.25, 0.3) is 5.56 Å². The number of carbonyl (C=O) groups excluding carboxylic acids is 1. The van der Waals surface area contributed by atoms with E-state index in [9.17, 15) is 9.59 Å². The molecule has 0 saturated carbocycles. The van der Waals surface area contributed by atoms with Gasteiger partial charge in [-0.15, -0.1) is 11.3 Å². The number of nitrogens with zero attached hydrogens (tertiary/aromatic N) is 3. The van der Waals surface area contributed by atoms with E-state index in [0.29, 0.717) is 17.1 Å². The molecule has 1 amide bonds. The predicted octanol–water partition coefficient (Wildman–Crippen LogP) is 2.95. The fraction of sp³-hybridized carbons (Fsp3) is 0.263. The Balaban J connectivity index is 1.80. The molecule has 2 aromatic heterocycles. The molecule has 3 rings (SSSR count). The highest BCUT2D eigenvalue weighted by atomic mass is 32.1. The van der Waals surface area contributed by atoms with Crippen LogP contribution in [0.4, 0.5) is 0 Å². The molecule has 3 aromatic rings. The van der Waals surface area contributed by atoms with Gasteiger partial charge in [0.05, 0.1) is 17.6 Å². The molecular formula is C19H20N4O2S. The molecule has 0 spiro atoms. The van der Waals surface area contributed by atoms with Gasteiger partial charge < -0.3 is 5.32 Å². The van der Waals surface area contributed by atoms with E-state index in [1.54, 1.807) is 0 Å². The molecule has 0 aliphatic rings. The Labute approximate surface area is 155 Å². The van der Waals surface area contributed by atoms with E-state index in [1.165, 1.54) is 28.4 Å². The minimum atomic E-state index is -0.264. The van der Waals surface area contributed by atoms with Crippen LogP contribution in [0.2, 0.25) is 0 Å². The highest BCUT2D eigenvalue weighted by Gasteiger charge is 2.13. The third-order valence-corrected chi connectivity index (χ3v) is 4.75. The molecule has 7 heteroatoms. The van der Waals surface area contributed by atoms with Crippen LogP contribution in [0.3, 0.4) is 0 Å². The molecule has 0 atom stereocenters. The number of unbranched alkanes of at least 4 members (excludes halogenated alkanes) is 1. The first-order valence-electron chi connectivity index (χ1n) is 8.51. The van der Waals surface area contributed by atoms with E-state index < -0.39 is 0 Å². The Bertz CT molecular complexity index is 934. The molecule has 26 heavy (non-hydrogen) atoms. The van der Waals surface area contributed by atoms with Crippen molar-refractivity contribution >= 4 is 17.2 Å². The summed E-state index contributed by atoms with van der Waals surface area (Å²) in [7, 11) is 0. The van der Waals surface area contributed by atoms with E-state index >= 15 is 0 Å². The van der Waals surface area contributed by atoms with Gasteiger partial charge in [-0.05, 0) is 6.42 Å². The molecule has 2 heterocycles. The van der Waals surface area contributed by atoms with Crippen LogP contribution >= 0.6 is 11.3 Å². The van der Waals surface area contributed by atoms with Crippen LogP contribution in [-0.2, 0) is 11.3 Å². The average molecular weight is 368 g/mol. The second-order valence-electron chi connectivity index (χ2n) is 5.85. The summed E-state index contributed by atoms with van der Waals surface area (Å²) < 4.78 is 1.32. The summed E-state index contributed by atoms with van der Waals surface area (Å²) in [6.07, 6.45) is 4.81. The van der Waals surface area contributed by atoms with E-state index in [4.69, 9.17) is 0 Å². The van der Waals surface area contributed by atoms with Crippen molar-refractivity contribution in [3.8, 4) is 21.8 Å². The number of thiazole rings is 1. The van der Waals surface area contributed by atoms with Crippen molar-refractivity contribution < 1.29 is 4.79 Å². The van der Waals surface area contributed by atoms with E-state index in [1.807, 2.05) is 35.7 Å². The predicted molar refractivity (Wildman–Crippen MR) is 103 cm³/mol. The van der Waals surface area contributed by atoms with Gasteiger partial charge in [-0.1, -0.05) is 43.7 Å². The zero-order valence-corrected chi connectivity index (χ0v) is 15.3. The minimum absolute atomic E-state index is 0.0414. The van der Waals surface area contributed by atoms with Crippen LogP contribution in [0.5, 0.6) is 0 Å². The van der Waals surface area contributed by atoms with Gasteiger partial charge in [-0.2, -0.15) is 0 Å². The summed E-state index contributed by atoms with van der Waals surface area (Å²) in [6, 6.07) is 9.79. The highest BCUT2D eigenvalue weighted by Crippen LogP contribution is 2.26. The van der Waals surface area contributed by atoms with E-state index in [2.05, 4.69) is 22.2 Å². The van der Waals surface area contributed by atoms with Crippen molar-refractivity contribution in [1.29, 1.82) is 0 Å². The summed E-state index contributed by atoms with van der Waals surface area (Å²) in [5.41, 5.74) is 1.95. The summed E-state index contributed by atoms with van der Waals surface area (Å²) in [5.74, 6) is -0.191. The first-order chi connectivity index (χ1) is 12.7. The van der Waals surface area contributed by atoms with E-state index in [-0.39, 0.29) is 18.0 Å². The fourth-order valence-electron chi connectivity index (χ4n) is 2.46. The lowest BCUT2D eigenvalue weighted by Gasteiger charge is -2.07. The van der Waals surface area contributed by atoms with Crippen LogP contribution in [0.25, 0.3) is 21.8 Å². The number of nitrogens with one attached hydrogen (secondary N) is 1. The van der Waals surface area contributed by atoms with Crippen molar-refractivity contribution in [1.82, 2.24) is 19.9 Å².